The fourth-order valence-corrected chi connectivity index (χ4v) is 2.33. The van der Waals surface area contributed by atoms with Crippen LogP contribution in [0.15, 0.2) is 22.6 Å². The van der Waals surface area contributed by atoms with E-state index in [1.54, 1.807) is 6.92 Å². The molecule has 0 aliphatic rings. The molecule has 1 aromatic carbocycles. The number of amides is 2. The van der Waals surface area contributed by atoms with Gasteiger partial charge >= 0.3 is 0 Å². The largest absolute Gasteiger partial charge is 0.451 e. The summed E-state index contributed by atoms with van der Waals surface area (Å²) in [5, 5.41) is 0.554. The summed E-state index contributed by atoms with van der Waals surface area (Å²) in [6.07, 6.45) is 1.64. The summed E-state index contributed by atoms with van der Waals surface area (Å²) in [4.78, 5) is 25.1. The molecule has 2 rings (SSSR count). The number of furan rings is 1. The van der Waals surface area contributed by atoms with E-state index in [1.165, 1.54) is 23.1 Å². The maximum absolute atomic E-state index is 13.3. The standard InChI is InChI=1S/C16H19FN2O3/c1-3-4-7-19(9-14(18)20)16(21)15-10(2)12-8-11(17)5-6-13(12)22-15/h5-6,8H,3-4,7,9H2,1-2H3,(H2,18,20). The zero-order valence-corrected chi connectivity index (χ0v) is 12.7. The average Bonchev–Trinajstić information content (AvgIpc) is 2.79. The number of unbranched alkanes of at least 4 members (excludes halogenated alkanes) is 1. The lowest BCUT2D eigenvalue weighted by atomic mass is 10.1. The molecule has 1 aromatic heterocycles. The van der Waals surface area contributed by atoms with Crippen LogP contribution < -0.4 is 5.73 Å². The summed E-state index contributed by atoms with van der Waals surface area (Å²) >= 11 is 0. The van der Waals surface area contributed by atoms with Gasteiger partial charge in [0.2, 0.25) is 5.91 Å². The topological polar surface area (TPSA) is 76.5 Å². The van der Waals surface area contributed by atoms with Crippen LogP contribution in [-0.4, -0.2) is 29.8 Å². The molecule has 0 spiro atoms. The van der Waals surface area contributed by atoms with Crippen molar-refractivity contribution < 1.29 is 18.4 Å². The number of hydrogen-bond donors (Lipinski definition) is 1. The minimum absolute atomic E-state index is 0.123. The third kappa shape index (κ3) is 3.27. The Morgan fingerprint density at radius 3 is 2.73 bits per heavy atom. The molecule has 0 fully saturated rings. The molecule has 5 nitrogen and oxygen atoms in total. The average molecular weight is 306 g/mol. The molecule has 118 valence electrons. The van der Waals surface area contributed by atoms with Crippen LogP contribution in [-0.2, 0) is 4.79 Å². The van der Waals surface area contributed by atoms with Crippen LogP contribution in [0.4, 0.5) is 4.39 Å². The van der Waals surface area contributed by atoms with Gasteiger partial charge in [-0.2, -0.15) is 0 Å². The lowest BCUT2D eigenvalue weighted by Gasteiger charge is -2.19. The first-order valence-electron chi connectivity index (χ1n) is 7.20. The molecule has 0 aliphatic heterocycles. The van der Waals surface area contributed by atoms with Gasteiger partial charge in [-0.3, -0.25) is 9.59 Å². The van der Waals surface area contributed by atoms with Gasteiger partial charge < -0.3 is 15.1 Å². The Kier molecular flexibility index (Phi) is 4.80. The molecule has 0 saturated carbocycles. The van der Waals surface area contributed by atoms with Crippen molar-refractivity contribution in [1.29, 1.82) is 0 Å². The van der Waals surface area contributed by atoms with Crippen LogP contribution in [0.1, 0.15) is 35.9 Å². The van der Waals surface area contributed by atoms with Gasteiger partial charge in [0.25, 0.3) is 5.91 Å². The molecule has 2 N–H and O–H groups in total. The van der Waals surface area contributed by atoms with Gasteiger partial charge in [0.05, 0.1) is 6.54 Å². The molecule has 0 unspecified atom stereocenters. The molecule has 0 bridgehead atoms. The first kappa shape index (κ1) is 16.0. The van der Waals surface area contributed by atoms with E-state index < -0.39 is 17.6 Å². The number of aryl methyl sites for hydroxylation is 1. The summed E-state index contributed by atoms with van der Waals surface area (Å²) in [6, 6.07) is 4.09. The fraction of sp³-hybridized carbons (Fsp3) is 0.375. The summed E-state index contributed by atoms with van der Waals surface area (Å²) in [6.45, 7) is 3.94. The Balaban J connectivity index is 2.37. The zero-order chi connectivity index (χ0) is 16.3. The van der Waals surface area contributed by atoms with Crippen molar-refractivity contribution in [2.24, 2.45) is 5.73 Å². The second kappa shape index (κ2) is 6.60. The number of carbonyl (C=O) groups excluding carboxylic acids is 2. The predicted molar refractivity (Wildman–Crippen MR) is 80.9 cm³/mol. The van der Waals surface area contributed by atoms with Crippen molar-refractivity contribution in [2.75, 3.05) is 13.1 Å². The van der Waals surface area contributed by atoms with E-state index in [-0.39, 0.29) is 12.3 Å². The Bertz CT molecular complexity index is 709. The van der Waals surface area contributed by atoms with Gasteiger partial charge in [0.15, 0.2) is 5.76 Å². The van der Waals surface area contributed by atoms with Crippen molar-refractivity contribution in [3.8, 4) is 0 Å². The molecular weight excluding hydrogens is 287 g/mol. The third-order valence-electron chi connectivity index (χ3n) is 3.51. The number of primary amides is 1. The molecule has 0 radical (unpaired) electrons. The van der Waals surface area contributed by atoms with Gasteiger partial charge in [-0.05, 0) is 31.5 Å². The van der Waals surface area contributed by atoms with E-state index in [2.05, 4.69) is 0 Å². The molecule has 6 heteroatoms. The Morgan fingerprint density at radius 1 is 1.36 bits per heavy atom. The van der Waals surface area contributed by atoms with Crippen molar-refractivity contribution >= 4 is 22.8 Å². The van der Waals surface area contributed by atoms with Crippen molar-refractivity contribution in [3.63, 3.8) is 0 Å². The molecule has 0 atom stereocenters. The minimum atomic E-state index is -0.579. The highest BCUT2D eigenvalue weighted by Gasteiger charge is 2.24. The molecular formula is C16H19FN2O3. The molecule has 0 aliphatic carbocycles. The lowest BCUT2D eigenvalue weighted by molar-refractivity contribution is -0.118. The highest BCUT2D eigenvalue weighted by atomic mass is 19.1. The van der Waals surface area contributed by atoms with E-state index in [1.807, 2.05) is 6.92 Å². The van der Waals surface area contributed by atoms with E-state index in [0.29, 0.717) is 23.1 Å². The second-order valence-electron chi connectivity index (χ2n) is 5.24. The minimum Gasteiger partial charge on any atom is -0.451 e. The van der Waals surface area contributed by atoms with Crippen LogP contribution >= 0.6 is 0 Å². The number of fused-ring (bicyclic) bond motifs is 1. The normalized spacial score (nSPS) is 10.9. The number of hydrogen-bond acceptors (Lipinski definition) is 3. The van der Waals surface area contributed by atoms with Crippen LogP contribution in [0.25, 0.3) is 11.0 Å². The summed E-state index contributed by atoms with van der Waals surface area (Å²) in [5.41, 5.74) is 6.20. The number of carbonyl (C=O) groups is 2. The molecule has 2 amide bonds. The van der Waals surface area contributed by atoms with Gasteiger partial charge in [-0.1, -0.05) is 13.3 Å². The van der Waals surface area contributed by atoms with Crippen LogP contribution in [0, 0.1) is 12.7 Å². The van der Waals surface area contributed by atoms with Crippen LogP contribution in [0.3, 0.4) is 0 Å². The predicted octanol–water partition coefficient (Wildman–Crippen LogP) is 2.61. The maximum atomic E-state index is 13.3. The number of halogens is 1. The Labute approximate surface area is 127 Å². The fourth-order valence-electron chi connectivity index (χ4n) is 2.33. The van der Waals surface area contributed by atoms with E-state index in [0.717, 1.165) is 12.8 Å². The smallest absolute Gasteiger partial charge is 0.290 e. The molecule has 22 heavy (non-hydrogen) atoms. The first-order chi connectivity index (χ1) is 10.4. The number of nitrogens with two attached hydrogens (primary N) is 1. The second-order valence-corrected chi connectivity index (χ2v) is 5.24. The maximum Gasteiger partial charge on any atom is 0.290 e. The highest BCUT2D eigenvalue weighted by molar-refractivity contribution is 6.00. The monoisotopic (exact) mass is 306 g/mol. The molecule has 0 saturated heterocycles. The summed E-state index contributed by atoms with van der Waals surface area (Å²) < 4.78 is 18.9. The molecule has 2 aromatic rings. The summed E-state index contributed by atoms with van der Waals surface area (Å²) in [5.74, 6) is -1.25. The van der Waals surface area contributed by atoms with Gasteiger partial charge in [-0.25, -0.2) is 4.39 Å². The van der Waals surface area contributed by atoms with Crippen LogP contribution in [0.2, 0.25) is 0 Å². The Morgan fingerprint density at radius 2 is 2.09 bits per heavy atom. The summed E-state index contributed by atoms with van der Waals surface area (Å²) in [7, 11) is 0. The van der Waals surface area contributed by atoms with E-state index >= 15 is 0 Å². The van der Waals surface area contributed by atoms with Gasteiger partial charge in [0.1, 0.15) is 11.4 Å². The van der Waals surface area contributed by atoms with E-state index in [9.17, 15) is 14.0 Å². The van der Waals surface area contributed by atoms with Crippen molar-refractivity contribution in [2.45, 2.75) is 26.7 Å². The Hall–Kier alpha value is -2.37. The van der Waals surface area contributed by atoms with Gasteiger partial charge in [0, 0.05) is 17.5 Å². The SMILES string of the molecule is CCCCN(CC(N)=O)C(=O)c1oc2ccc(F)cc2c1C. The first-order valence-corrected chi connectivity index (χ1v) is 7.20. The number of rotatable bonds is 6. The van der Waals surface area contributed by atoms with Crippen molar-refractivity contribution in [1.82, 2.24) is 4.90 Å². The van der Waals surface area contributed by atoms with Gasteiger partial charge in [-0.15, -0.1) is 0 Å². The zero-order valence-electron chi connectivity index (χ0n) is 12.7. The highest BCUT2D eigenvalue weighted by Crippen LogP contribution is 2.27. The van der Waals surface area contributed by atoms with Crippen LogP contribution in [0.5, 0.6) is 0 Å². The third-order valence-corrected chi connectivity index (χ3v) is 3.51. The number of benzene rings is 1. The lowest BCUT2D eigenvalue weighted by Crippen LogP contribution is -2.39. The molecule has 1 heterocycles. The quantitative estimate of drug-likeness (QED) is 0.891. The van der Waals surface area contributed by atoms with Crippen molar-refractivity contribution in [3.05, 3.63) is 35.3 Å². The van der Waals surface area contributed by atoms with E-state index in [4.69, 9.17) is 10.2 Å². The number of nitrogens with zero attached hydrogens (tertiary/aromatic N) is 1.